The lowest BCUT2D eigenvalue weighted by Gasteiger charge is -2.23. The molecule has 1 unspecified atom stereocenters. The standard InChI is InChI=1S/C20H19F7O/c1-2-3-4-5-13-6-8-14(9-7-13)15-10-11-17(16(21)12-15)28-20(26,27)18(22)19(23,24)25/h6-12,18H,2-5H2,1H3. The van der Waals surface area contributed by atoms with E-state index in [-0.39, 0.29) is 0 Å². The van der Waals surface area contributed by atoms with Gasteiger partial charge in [-0.2, -0.15) is 22.0 Å². The first kappa shape index (κ1) is 22.0. The van der Waals surface area contributed by atoms with E-state index in [0.717, 1.165) is 43.4 Å². The van der Waals surface area contributed by atoms with Crippen molar-refractivity contribution in [3.8, 4) is 16.9 Å². The minimum absolute atomic E-state index is 0.320. The number of rotatable bonds is 8. The molecular weight excluding hydrogens is 389 g/mol. The quantitative estimate of drug-likeness (QED) is 0.334. The maximum absolute atomic E-state index is 14.0. The number of halogens is 7. The zero-order chi connectivity index (χ0) is 20.9. The molecule has 0 aliphatic heterocycles. The van der Waals surface area contributed by atoms with Crippen LogP contribution in [-0.2, 0) is 6.42 Å². The van der Waals surface area contributed by atoms with Crippen LogP contribution < -0.4 is 4.74 Å². The fourth-order valence-corrected chi connectivity index (χ4v) is 2.60. The highest BCUT2D eigenvalue weighted by molar-refractivity contribution is 5.64. The number of benzene rings is 2. The zero-order valence-electron chi connectivity index (χ0n) is 15.0. The Morgan fingerprint density at radius 2 is 1.50 bits per heavy atom. The second-order valence-electron chi connectivity index (χ2n) is 6.37. The summed E-state index contributed by atoms with van der Waals surface area (Å²) in [5.74, 6) is -2.49. The molecule has 0 saturated heterocycles. The van der Waals surface area contributed by atoms with Gasteiger partial charge in [-0.05, 0) is 41.7 Å². The Bertz CT molecular complexity index is 769. The average Bonchev–Trinajstić information content (AvgIpc) is 2.63. The Morgan fingerprint density at radius 1 is 0.893 bits per heavy atom. The highest BCUT2D eigenvalue weighted by atomic mass is 19.4. The third kappa shape index (κ3) is 5.62. The lowest BCUT2D eigenvalue weighted by atomic mass is 10.0. The largest absolute Gasteiger partial charge is 0.439 e. The summed E-state index contributed by atoms with van der Waals surface area (Å²) in [6.45, 7) is 2.09. The third-order valence-electron chi connectivity index (χ3n) is 4.12. The summed E-state index contributed by atoms with van der Waals surface area (Å²) in [5.41, 5.74) is 2.01. The minimum atomic E-state index is -5.83. The molecule has 0 aliphatic carbocycles. The number of alkyl halides is 6. The number of ether oxygens (including phenoxy) is 1. The molecule has 0 N–H and O–H groups in total. The van der Waals surface area contributed by atoms with Gasteiger partial charge in [0.2, 0.25) is 0 Å². The van der Waals surface area contributed by atoms with E-state index in [2.05, 4.69) is 11.7 Å². The van der Waals surface area contributed by atoms with E-state index < -0.39 is 30.0 Å². The molecule has 0 aliphatic rings. The van der Waals surface area contributed by atoms with Gasteiger partial charge in [-0.3, -0.25) is 0 Å². The first-order valence-electron chi connectivity index (χ1n) is 8.71. The van der Waals surface area contributed by atoms with E-state index in [1.807, 2.05) is 12.1 Å². The van der Waals surface area contributed by atoms with Crippen LogP contribution in [0.1, 0.15) is 31.7 Å². The molecule has 0 heterocycles. The van der Waals surface area contributed by atoms with E-state index in [9.17, 15) is 30.7 Å². The van der Waals surface area contributed by atoms with Gasteiger partial charge in [0, 0.05) is 0 Å². The molecule has 0 bridgehead atoms. The molecule has 0 radical (unpaired) electrons. The molecule has 2 aromatic rings. The van der Waals surface area contributed by atoms with Gasteiger partial charge in [0.05, 0.1) is 0 Å². The van der Waals surface area contributed by atoms with Gasteiger partial charge in [-0.1, -0.05) is 50.1 Å². The Labute approximate surface area is 158 Å². The van der Waals surface area contributed by atoms with Gasteiger partial charge >= 0.3 is 12.3 Å². The molecule has 2 aromatic carbocycles. The number of hydrogen-bond acceptors (Lipinski definition) is 1. The molecule has 0 spiro atoms. The second-order valence-corrected chi connectivity index (χ2v) is 6.37. The first-order chi connectivity index (χ1) is 13.0. The van der Waals surface area contributed by atoms with Crippen LogP contribution in [0.15, 0.2) is 42.5 Å². The maximum Gasteiger partial charge on any atom is 0.439 e. The molecule has 1 nitrogen and oxygen atoms in total. The molecule has 0 amide bonds. The fourth-order valence-electron chi connectivity index (χ4n) is 2.60. The van der Waals surface area contributed by atoms with Crippen molar-refractivity contribution in [3.05, 3.63) is 53.8 Å². The zero-order valence-corrected chi connectivity index (χ0v) is 15.0. The molecule has 0 aromatic heterocycles. The molecule has 1 atom stereocenters. The van der Waals surface area contributed by atoms with Crippen LogP contribution in [0, 0.1) is 5.82 Å². The van der Waals surface area contributed by atoms with Crippen molar-refractivity contribution in [2.45, 2.75) is 51.1 Å². The number of aryl methyl sites for hydroxylation is 1. The van der Waals surface area contributed by atoms with Gasteiger partial charge in [-0.25, -0.2) is 8.78 Å². The molecule has 0 saturated carbocycles. The summed E-state index contributed by atoms with van der Waals surface area (Å²) in [6, 6.07) is 9.98. The Balaban J connectivity index is 2.14. The van der Waals surface area contributed by atoms with Gasteiger partial charge in [0.15, 0.2) is 11.6 Å². The van der Waals surface area contributed by atoms with Crippen LogP contribution >= 0.6 is 0 Å². The number of hydrogen-bond donors (Lipinski definition) is 0. The summed E-state index contributed by atoms with van der Waals surface area (Å²) in [7, 11) is 0. The highest BCUT2D eigenvalue weighted by Gasteiger charge is 2.59. The monoisotopic (exact) mass is 408 g/mol. The lowest BCUT2D eigenvalue weighted by Crippen LogP contribution is -2.45. The van der Waals surface area contributed by atoms with Gasteiger partial charge in [0.1, 0.15) is 0 Å². The molecule has 154 valence electrons. The summed E-state index contributed by atoms with van der Waals surface area (Å²) in [6.07, 6.45) is -11.5. The summed E-state index contributed by atoms with van der Waals surface area (Å²) < 4.78 is 93.6. The van der Waals surface area contributed by atoms with E-state index in [4.69, 9.17) is 0 Å². The van der Waals surface area contributed by atoms with Crippen LogP contribution in [0.3, 0.4) is 0 Å². The van der Waals surface area contributed by atoms with Gasteiger partial charge < -0.3 is 4.74 Å². The van der Waals surface area contributed by atoms with Gasteiger partial charge in [-0.15, -0.1) is 0 Å². The molecular formula is C20H19F7O. The smallest absolute Gasteiger partial charge is 0.427 e. The minimum Gasteiger partial charge on any atom is -0.427 e. The van der Waals surface area contributed by atoms with E-state index in [1.165, 1.54) is 6.07 Å². The first-order valence-corrected chi connectivity index (χ1v) is 8.71. The summed E-state index contributed by atoms with van der Waals surface area (Å²) in [5, 5.41) is 0. The third-order valence-corrected chi connectivity index (χ3v) is 4.12. The van der Waals surface area contributed by atoms with E-state index in [0.29, 0.717) is 11.1 Å². The fraction of sp³-hybridized carbons (Fsp3) is 0.400. The van der Waals surface area contributed by atoms with E-state index in [1.54, 1.807) is 12.1 Å². The van der Waals surface area contributed by atoms with Crippen molar-refractivity contribution < 1.29 is 35.5 Å². The number of unbranched alkanes of at least 4 members (excludes halogenated alkanes) is 2. The predicted octanol–water partition coefficient (Wildman–Crippen LogP) is 7.10. The van der Waals surface area contributed by atoms with Crippen molar-refractivity contribution in [2.75, 3.05) is 0 Å². The van der Waals surface area contributed by atoms with Crippen LogP contribution in [-0.4, -0.2) is 18.5 Å². The second kappa shape index (κ2) is 8.84. The molecule has 2 rings (SSSR count). The average molecular weight is 408 g/mol. The molecule has 28 heavy (non-hydrogen) atoms. The van der Waals surface area contributed by atoms with E-state index >= 15 is 0 Å². The van der Waals surface area contributed by atoms with Crippen molar-refractivity contribution in [1.29, 1.82) is 0 Å². The topological polar surface area (TPSA) is 9.23 Å². The van der Waals surface area contributed by atoms with Crippen molar-refractivity contribution in [1.82, 2.24) is 0 Å². The van der Waals surface area contributed by atoms with Crippen LogP contribution in [0.4, 0.5) is 30.7 Å². The summed E-state index contributed by atoms with van der Waals surface area (Å²) >= 11 is 0. The van der Waals surface area contributed by atoms with Crippen LogP contribution in [0.25, 0.3) is 11.1 Å². The lowest BCUT2D eigenvalue weighted by molar-refractivity contribution is -0.305. The Hall–Kier alpha value is -2.25. The van der Waals surface area contributed by atoms with Crippen LogP contribution in [0.5, 0.6) is 5.75 Å². The van der Waals surface area contributed by atoms with Gasteiger partial charge in [0.25, 0.3) is 6.17 Å². The molecule has 0 fully saturated rings. The van der Waals surface area contributed by atoms with Crippen molar-refractivity contribution in [2.24, 2.45) is 0 Å². The van der Waals surface area contributed by atoms with Crippen molar-refractivity contribution >= 4 is 0 Å². The predicted molar refractivity (Wildman–Crippen MR) is 91.6 cm³/mol. The van der Waals surface area contributed by atoms with Crippen molar-refractivity contribution in [3.63, 3.8) is 0 Å². The normalized spacial score (nSPS) is 13.4. The molecule has 8 heteroatoms. The Kier molecular flexibility index (Phi) is 6.96. The highest BCUT2D eigenvalue weighted by Crippen LogP contribution is 2.37. The van der Waals surface area contributed by atoms with Crippen LogP contribution in [0.2, 0.25) is 0 Å². The SMILES string of the molecule is CCCCCc1ccc(-c2ccc(OC(F)(F)C(F)C(F)(F)F)c(F)c2)cc1. The maximum atomic E-state index is 14.0. The Morgan fingerprint density at radius 3 is 2.04 bits per heavy atom. The summed E-state index contributed by atoms with van der Waals surface area (Å²) in [4.78, 5) is 0.